The molecule has 0 saturated heterocycles. The molecular formula is C14H14O3S. The van der Waals surface area contributed by atoms with Gasteiger partial charge in [-0.15, -0.1) is 0 Å². The van der Waals surface area contributed by atoms with Crippen molar-refractivity contribution in [3.05, 3.63) is 59.4 Å². The average molecular weight is 262 g/mol. The summed E-state index contributed by atoms with van der Waals surface area (Å²) in [6.07, 6.45) is 5.00. The molecular weight excluding hydrogens is 248 g/mol. The minimum atomic E-state index is -1.03. The lowest BCUT2D eigenvalue weighted by Crippen LogP contribution is -1.91. The quantitative estimate of drug-likeness (QED) is 0.830. The van der Waals surface area contributed by atoms with Gasteiger partial charge in [0.05, 0.1) is 36.2 Å². The highest BCUT2D eigenvalue weighted by Gasteiger charge is 1.99. The summed E-state index contributed by atoms with van der Waals surface area (Å²) in [6.45, 7) is 0. The van der Waals surface area contributed by atoms with E-state index in [1.165, 1.54) is 0 Å². The zero-order chi connectivity index (χ0) is 12.8. The maximum Gasteiger partial charge on any atom is 0.118 e. The molecule has 0 amide bonds. The lowest BCUT2D eigenvalue weighted by Gasteiger charge is -2.01. The van der Waals surface area contributed by atoms with Crippen LogP contribution in [0.1, 0.15) is 11.1 Å². The molecule has 4 heteroatoms. The number of hydrogen-bond donors (Lipinski definition) is 0. The molecule has 0 aliphatic heterocycles. The van der Waals surface area contributed by atoms with Gasteiger partial charge in [0, 0.05) is 11.0 Å². The summed E-state index contributed by atoms with van der Waals surface area (Å²) in [6, 6.07) is 9.39. The van der Waals surface area contributed by atoms with Gasteiger partial charge in [0.2, 0.25) is 0 Å². The molecule has 3 nitrogen and oxygen atoms in total. The van der Waals surface area contributed by atoms with E-state index in [4.69, 9.17) is 9.15 Å². The van der Waals surface area contributed by atoms with Crippen molar-refractivity contribution >= 4 is 16.9 Å². The van der Waals surface area contributed by atoms with Gasteiger partial charge < -0.3 is 9.15 Å². The molecule has 0 aliphatic rings. The Morgan fingerprint density at radius 3 is 2.67 bits per heavy atom. The highest BCUT2D eigenvalue weighted by Crippen LogP contribution is 2.13. The fourth-order valence-corrected chi connectivity index (χ4v) is 2.38. The van der Waals surface area contributed by atoms with E-state index in [1.807, 2.05) is 30.3 Å². The summed E-state index contributed by atoms with van der Waals surface area (Å²) in [5.41, 5.74) is 1.93. The van der Waals surface area contributed by atoms with Gasteiger partial charge in [-0.25, -0.2) is 0 Å². The maximum absolute atomic E-state index is 11.8. The van der Waals surface area contributed by atoms with E-state index in [-0.39, 0.29) is 0 Å². The third kappa shape index (κ3) is 3.60. The standard InChI is InChI=1S/C14H14O3S/c1-16-14-4-2-13(3-5-14)11-18(15)9-7-12-6-8-17-10-12/h2-10H,11H2,1H3. The molecule has 1 aromatic carbocycles. The molecule has 1 atom stereocenters. The van der Waals surface area contributed by atoms with Crippen LogP contribution in [-0.4, -0.2) is 11.3 Å². The van der Waals surface area contributed by atoms with E-state index in [0.717, 1.165) is 16.9 Å². The van der Waals surface area contributed by atoms with Crippen LogP contribution in [0.2, 0.25) is 0 Å². The van der Waals surface area contributed by atoms with Gasteiger partial charge in [-0.1, -0.05) is 12.1 Å². The number of rotatable bonds is 5. The fourth-order valence-electron chi connectivity index (χ4n) is 1.46. The molecule has 0 aliphatic carbocycles. The van der Waals surface area contributed by atoms with Crippen molar-refractivity contribution in [3.8, 4) is 5.75 Å². The molecule has 1 heterocycles. The van der Waals surface area contributed by atoms with Crippen molar-refractivity contribution in [1.82, 2.24) is 0 Å². The molecule has 2 rings (SSSR count). The monoisotopic (exact) mass is 262 g/mol. The predicted octanol–water partition coefficient (Wildman–Crippen LogP) is 3.21. The molecule has 1 unspecified atom stereocenters. The van der Waals surface area contributed by atoms with Gasteiger partial charge in [0.1, 0.15) is 5.75 Å². The number of methoxy groups -OCH3 is 1. The fraction of sp³-hybridized carbons (Fsp3) is 0.143. The molecule has 2 aromatic rings. The summed E-state index contributed by atoms with van der Waals surface area (Å²) in [4.78, 5) is 0. The maximum atomic E-state index is 11.8. The Morgan fingerprint density at radius 1 is 1.28 bits per heavy atom. The second-order valence-corrected chi connectivity index (χ2v) is 5.05. The SMILES string of the molecule is COc1ccc(CS(=O)C=Cc2ccoc2)cc1. The lowest BCUT2D eigenvalue weighted by atomic mass is 10.2. The van der Waals surface area contributed by atoms with E-state index in [1.54, 1.807) is 31.1 Å². The van der Waals surface area contributed by atoms with Crippen molar-refractivity contribution in [2.24, 2.45) is 0 Å². The molecule has 94 valence electrons. The van der Waals surface area contributed by atoms with Gasteiger partial charge in [-0.05, 0) is 29.8 Å². The molecule has 18 heavy (non-hydrogen) atoms. The number of ether oxygens (including phenoxy) is 1. The Morgan fingerprint density at radius 2 is 2.06 bits per heavy atom. The number of hydrogen-bond acceptors (Lipinski definition) is 3. The normalized spacial score (nSPS) is 12.7. The van der Waals surface area contributed by atoms with Gasteiger partial charge >= 0.3 is 0 Å². The summed E-state index contributed by atoms with van der Waals surface area (Å²) in [5.74, 6) is 1.30. The van der Waals surface area contributed by atoms with Crippen LogP contribution in [0, 0.1) is 0 Å². The third-order valence-corrected chi connectivity index (χ3v) is 3.48. The van der Waals surface area contributed by atoms with Crippen LogP contribution in [-0.2, 0) is 16.6 Å². The van der Waals surface area contributed by atoms with Gasteiger partial charge in [0.25, 0.3) is 0 Å². The van der Waals surface area contributed by atoms with Crippen molar-refractivity contribution < 1.29 is 13.4 Å². The van der Waals surface area contributed by atoms with E-state index in [9.17, 15) is 4.21 Å². The summed E-state index contributed by atoms with van der Waals surface area (Å²) >= 11 is 0. The number of benzene rings is 1. The molecule has 1 aromatic heterocycles. The first-order valence-corrected chi connectivity index (χ1v) is 6.86. The van der Waals surface area contributed by atoms with Crippen LogP contribution in [0.4, 0.5) is 0 Å². The van der Waals surface area contributed by atoms with Gasteiger partial charge in [-0.3, -0.25) is 4.21 Å². The summed E-state index contributed by atoms with van der Waals surface area (Å²) < 4.78 is 21.8. The first-order chi connectivity index (χ1) is 8.78. The lowest BCUT2D eigenvalue weighted by molar-refractivity contribution is 0.414. The Kier molecular flexibility index (Phi) is 4.36. The Balaban J connectivity index is 1.94. The molecule has 0 bridgehead atoms. The highest BCUT2D eigenvalue weighted by molar-refractivity contribution is 7.87. The van der Waals surface area contributed by atoms with Gasteiger partial charge in [-0.2, -0.15) is 0 Å². The topological polar surface area (TPSA) is 39.4 Å². The average Bonchev–Trinajstić information content (AvgIpc) is 2.90. The van der Waals surface area contributed by atoms with E-state index in [2.05, 4.69) is 0 Å². The molecule has 0 saturated carbocycles. The zero-order valence-electron chi connectivity index (χ0n) is 10.0. The molecule has 0 radical (unpaired) electrons. The Bertz CT molecular complexity index is 527. The molecule has 0 fully saturated rings. The van der Waals surface area contributed by atoms with E-state index >= 15 is 0 Å². The Hall–Kier alpha value is -1.81. The van der Waals surface area contributed by atoms with Crippen LogP contribution >= 0.6 is 0 Å². The minimum Gasteiger partial charge on any atom is -0.497 e. The van der Waals surface area contributed by atoms with Crippen LogP contribution in [0.25, 0.3) is 6.08 Å². The van der Waals surface area contributed by atoms with Crippen LogP contribution in [0.15, 0.2) is 52.7 Å². The van der Waals surface area contributed by atoms with Gasteiger partial charge in [0.15, 0.2) is 0 Å². The smallest absolute Gasteiger partial charge is 0.118 e. The van der Waals surface area contributed by atoms with E-state index in [0.29, 0.717) is 5.75 Å². The van der Waals surface area contributed by atoms with Crippen molar-refractivity contribution in [1.29, 1.82) is 0 Å². The zero-order valence-corrected chi connectivity index (χ0v) is 10.9. The third-order valence-electron chi connectivity index (χ3n) is 2.42. The summed E-state index contributed by atoms with van der Waals surface area (Å²) in [5, 5.41) is 1.68. The minimum absolute atomic E-state index is 0.498. The van der Waals surface area contributed by atoms with Crippen LogP contribution in [0.3, 0.4) is 0 Å². The summed E-state index contributed by atoms with van der Waals surface area (Å²) in [7, 11) is 0.599. The van der Waals surface area contributed by atoms with Crippen molar-refractivity contribution in [2.75, 3.05) is 7.11 Å². The molecule has 0 N–H and O–H groups in total. The van der Waals surface area contributed by atoms with E-state index < -0.39 is 10.8 Å². The predicted molar refractivity (Wildman–Crippen MR) is 72.6 cm³/mol. The van der Waals surface area contributed by atoms with Crippen molar-refractivity contribution in [3.63, 3.8) is 0 Å². The second kappa shape index (κ2) is 6.21. The Labute approximate surface area is 109 Å². The van der Waals surface area contributed by atoms with Crippen LogP contribution in [0.5, 0.6) is 5.75 Å². The highest BCUT2D eigenvalue weighted by atomic mass is 32.2. The largest absolute Gasteiger partial charge is 0.497 e. The molecule has 0 spiro atoms. The first kappa shape index (κ1) is 12.6. The first-order valence-electron chi connectivity index (χ1n) is 5.48. The second-order valence-electron chi connectivity index (χ2n) is 3.73. The number of furan rings is 1. The van der Waals surface area contributed by atoms with Crippen LogP contribution < -0.4 is 4.74 Å². The van der Waals surface area contributed by atoms with Crippen molar-refractivity contribution in [2.45, 2.75) is 5.75 Å².